The molecule has 0 amide bonds. The second-order valence-corrected chi connectivity index (χ2v) is 8.55. The van der Waals surface area contributed by atoms with E-state index in [1.807, 2.05) is 0 Å². The van der Waals surface area contributed by atoms with Gasteiger partial charge in [-0.05, 0) is 56.3 Å². The number of rotatable bonds is 6. The van der Waals surface area contributed by atoms with Crippen LogP contribution in [0.15, 0.2) is 64.1 Å². The van der Waals surface area contributed by atoms with Gasteiger partial charge < -0.3 is 9.84 Å². The predicted octanol–water partition coefficient (Wildman–Crippen LogP) is 4.57. The second-order valence-electron chi connectivity index (χ2n) is 6.87. The van der Waals surface area contributed by atoms with Crippen molar-refractivity contribution in [2.24, 2.45) is 0 Å². The third-order valence-electron chi connectivity index (χ3n) is 4.67. The van der Waals surface area contributed by atoms with Gasteiger partial charge in [-0.2, -0.15) is 0 Å². The molecule has 0 aliphatic carbocycles. The van der Waals surface area contributed by atoms with Crippen molar-refractivity contribution >= 4 is 27.5 Å². The van der Waals surface area contributed by atoms with Gasteiger partial charge in [0.15, 0.2) is 0 Å². The Morgan fingerprint density at radius 3 is 2.41 bits per heavy atom. The first-order valence-corrected chi connectivity index (χ1v) is 10.8. The summed E-state index contributed by atoms with van der Waals surface area (Å²) in [5.41, 5.74) is 2.09. The molecule has 0 spiro atoms. The Kier molecular flexibility index (Phi) is 5.57. The molecule has 32 heavy (non-hydrogen) atoms. The van der Waals surface area contributed by atoms with Crippen molar-refractivity contribution < 1.29 is 21.7 Å². The van der Waals surface area contributed by atoms with Crippen LogP contribution in [0.2, 0.25) is 0 Å². The summed E-state index contributed by atoms with van der Waals surface area (Å²) in [4.78, 5) is 8.32. The maximum atomic E-state index is 14.0. The van der Waals surface area contributed by atoms with Gasteiger partial charge in [-0.3, -0.25) is 0 Å². The van der Waals surface area contributed by atoms with E-state index < -0.39 is 21.7 Å². The lowest BCUT2D eigenvalue weighted by atomic mass is 10.1. The highest BCUT2D eigenvalue weighted by Crippen LogP contribution is 2.25. The van der Waals surface area contributed by atoms with Crippen LogP contribution in [0.5, 0.6) is 0 Å². The predicted molar refractivity (Wildman–Crippen MR) is 114 cm³/mol. The Bertz CT molecular complexity index is 1390. The molecular formula is C21H17F2N5O3S. The number of hydrogen-bond donors (Lipinski definition) is 2. The first-order chi connectivity index (χ1) is 15.2. The molecule has 0 fully saturated rings. The highest BCUT2D eigenvalue weighted by atomic mass is 32.2. The molecule has 0 radical (unpaired) electrons. The van der Waals surface area contributed by atoms with Crippen molar-refractivity contribution in [3.8, 4) is 11.3 Å². The Labute approximate surface area is 182 Å². The Hall–Kier alpha value is -3.86. The molecule has 0 saturated heterocycles. The molecule has 2 aromatic heterocycles. The minimum absolute atomic E-state index is 0.0135. The summed E-state index contributed by atoms with van der Waals surface area (Å²) >= 11 is 0. The molecule has 2 aromatic carbocycles. The van der Waals surface area contributed by atoms with Crippen LogP contribution >= 0.6 is 0 Å². The minimum Gasteiger partial charge on any atom is -0.337 e. The standard InChI is InChI=1S/C21H17F2N5O3S/c1-12-13(2)27-31-20(12)28-32(29,30)16-6-4-15(5-7-16)25-21-24-10-9-19(26-21)17-8-3-14(22)11-18(17)23/h3-11,28H,1-2H3,(H,24,25,26). The number of aromatic nitrogens is 3. The lowest BCUT2D eigenvalue weighted by molar-refractivity contribution is 0.430. The summed E-state index contributed by atoms with van der Waals surface area (Å²) < 4.78 is 59.7. The van der Waals surface area contributed by atoms with E-state index in [0.717, 1.165) is 12.1 Å². The summed E-state index contributed by atoms with van der Waals surface area (Å²) in [6.07, 6.45) is 1.43. The van der Waals surface area contributed by atoms with E-state index in [1.54, 1.807) is 13.8 Å². The highest BCUT2D eigenvalue weighted by molar-refractivity contribution is 7.92. The second kappa shape index (κ2) is 8.35. The third kappa shape index (κ3) is 4.42. The van der Waals surface area contributed by atoms with E-state index in [1.165, 1.54) is 42.6 Å². The Balaban J connectivity index is 1.52. The van der Waals surface area contributed by atoms with Crippen molar-refractivity contribution in [3.63, 3.8) is 0 Å². The van der Waals surface area contributed by atoms with Gasteiger partial charge in [-0.25, -0.2) is 31.9 Å². The molecule has 164 valence electrons. The van der Waals surface area contributed by atoms with E-state index in [9.17, 15) is 17.2 Å². The molecule has 11 heteroatoms. The number of halogens is 2. The first kappa shape index (κ1) is 21.4. The number of hydrogen-bond acceptors (Lipinski definition) is 7. The van der Waals surface area contributed by atoms with Crippen LogP contribution in [0.25, 0.3) is 11.3 Å². The molecule has 4 rings (SSSR count). The largest absolute Gasteiger partial charge is 0.337 e. The van der Waals surface area contributed by atoms with Gasteiger partial charge in [0.2, 0.25) is 11.8 Å². The van der Waals surface area contributed by atoms with Crippen molar-refractivity contribution in [1.29, 1.82) is 0 Å². The van der Waals surface area contributed by atoms with Crippen LogP contribution in [-0.4, -0.2) is 23.5 Å². The molecule has 2 N–H and O–H groups in total. The molecule has 0 bridgehead atoms. The van der Waals surface area contributed by atoms with E-state index in [0.29, 0.717) is 16.9 Å². The topological polar surface area (TPSA) is 110 Å². The summed E-state index contributed by atoms with van der Waals surface area (Å²) in [5, 5.41) is 6.65. The lowest BCUT2D eigenvalue weighted by Crippen LogP contribution is -2.13. The number of nitrogens with one attached hydrogen (secondary N) is 2. The first-order valence-electron chi connectivity index (χ1n) is 9.34. The average molecular weight is 457 g/mol. The van der Waals surface area contributed by atoms with Crippen molar-refractivity contribution in [2.75, 3.05) is 10.0 Å². The summed E-state index contributed by atoms with van der Waals surface area (Å²) in [7, 11) is -3.88. The molecular weight excluding hydrogens is 440 g/mol. The molecule has 0 aliphatic heterocycles. The number of nitrogens with zero attached hydrogens (tertiary/aromatic N) is 3. The molecule has 0 saturated carbocycles. The maximum Gasteiger partial charge on any atom is 0.264 e. The van der Waals surface area contributed by atoms with Crippen LogP contribution in [0.3, 0.4) is 0 Å². The summed E-state index contributed by atoms with van der Waals surface area (Å²) in [5.74, 6) is -1.21. The van der Waals surface area contributed by atoms with Gasteiger partial charge in [0.05, 0.1) is 16.3 Å². The van der Waals surface area contributed by atoms with Crippen molar-refractivity contribution in [3.05, 3.63) is 77.6 Å². The molecule has 0 unspecified atom stereocenters. The van der Waals surface area contributed by atoms with E-state index in [4.69, 9.17) is 4.52 Å². The third-order valence-corrected chi connectivity index (χ3v) is 6.01. The number of anilines is 3. The SMILES string of the molecule is Cc1noc(NS(=O)(=O)c2ccc(Nc3nccc(-c4ccc(F)cc4F)n3)cc2)c1C. The fourth-order valence-corrected chi connectivity index (χ4v) is 3.85. The summed E-state index contributed by atoms with van der Waals surface area (Å²) in [6.45, 7) is 3.40. The molecule has 4 aromatic rings. The fraction of sp³-hybridized carbons (Fsp3) is 0.0952. The molecule has 2 heterocycles. The summed E-state index contributed by atoms with van der Waals surface area (Å²) in [6, 6.07) is 10.6. The minimum atomic E-state index is -3.88. The quantitative estimate of drug-likeness (QED) is 0.436. The van der Waals surface area contributed by atoms with Crippen LogP contribution in [0.4, 0.5) is 26.3 Å². The van der Waals surface area contributed by atoms with Gasteiger partial charge >= 0.3 is 0 Å². The Morgan fingerprint density at radius 2 is 1.75 bits per heavy atom. The number of benzene rings is 2. The molecule has 0 atom stereocenters. The van der Waals surface area contributed by atoms with Gasteiger partial charge in [0.25, 0.3) is 10.0 Å². The molecule has 8 nitrogen and oxygen atoms in total. The zero-order chi connectivity index (χ0) is 22.9. The van der Waals surface area contributed by atoms with Gasteiger partial charge in [0, 0.05) is 29.1 Å². The van der Waals surface area contributed by atoms with Crippen LogP contribution < -0.4 is 10.0 Å². The average Bonchev–Trinajstić information content (AvgIpc) is 3.06. The number of aryl methyl sites for hydroxylation is 1. The zero-order valence-corrected chi connectivity index (χ0v) is 17.7. The van der Waals surface area contributed by atoms with E-state index in [-0.39, 0.29) is 28.0 Å². The van der Waals surface area contributed by atoms with Crippen molar-refractivity contribution in [1.82, 2.24) is 15.1 Å². The van der Waals surface area contributed by atoms with E-state index in [2.05, 4.69) is 25.2 Å². The van der Waals surface area contributed by atoms with Crippen LogP contribution in [0.1, 0.15) is 11.3 Å². The van der Waals surface area contributed by atoms with E-state index >= 15 is 0 Å². The number of sulfonamides is 1. The lowest BCUT2D eigenvalue weighted by Gasteiger charge is -2.09. The zero-order valence-electron chi connectivity index (χ0n) is 16.9. The smallest absolute Gasteiger partial charge is 0.264 e. The fourth-order valence-electron chi connectivity index (χ4n) is 2.80. The normalized spacial score (nSPS) is 11.4. The van der Waals surface area contributed by atoms with Gasteiger partial charge in [0.1, 0.15) is 11.6 Å². The maximum absolute atomic E-state index is 14.0. The van der Waals surface area contributed by atoms with Crippen molar-refractivity contribution in [2.45, 2.75) is 18.7 Å². The highest BCUT2D eigenvalue weighted by Gasteiger charge is 2.19. The van der Waals surface area contributed by atoms with Gasteiger partial charge in [-0.1, -0.05) is 5.16 Å². The van der Waals surface area contributed by atoms with Crippen LogP contribution in [0, 0.1) is 25.5 Å². The monoisotopic (exact) mass is 457 g/mol. The Morgan fingerprint density at radius 1 is 1.00 bits per heavy atom. The van der Waals surface area contributed by atoms with Gasteiger partial charge in [-0.15, -0.1) is 0 Å². The van der Waals surface area contributed by atoms with Crippen LogP contribution in [-0.2, 0) is 10.0 Å². The molecule has 0 aliphatic rings.